The fraction of sp³-hybridized carbons (Fsp3) is 1.00. The highest BCUT2D eigenvalue weighted by Crippen LogP contribution is 2.20. The third kappa shape index (κ3) is 4.01. The molecule has 1 aliphatic heterocycles. The van der Waals surface area contributed by atoms with Crippen LogP contribution in [0.2, 0.25) is 0 Å². The van der Waals surface area contributed by atoms with Crippen molar-refractivity contribution in [2.24, 2.45) is 5.73 Å². The molecule has 2 N–H and O–H groups in total. The molecule has 3 atom stereocenters. The van der Waals surface area contributed by atoms with Gasteiger partial charge in [-0.05, 0) is 26.3 Å². The lowest BCUT2D eigenvalue weighted by molar-refractivity contribution is 0.0104. The van der Waals surface area contributed by atoms with Gasteiger partial charge >= 0.3 is 0 Å². The van der Waals surface area contributed by atoms with E-state index in [4.69, 9.17) is 15.2 Å². The minimum atomic E-state index is 0.279. The van der Waals surface area contributed by atoms with Crippen molar-refractivity contribution in [3.8, 4) is 0 Å². The second-order valence-corrected chi connectivity index (χ2v) is 4.59. The highest BCUT2D eigenvalue weighted by Gasteiger charge is 2.26. The van der Waals surface area contributed by atoms with Crippen molar-refractivity contribution in [1.82, 2.24) is 4.90 Å². The molecule has 0 aliphatic carbocycles. The smallest absolute Gasteiger partial charge is 0.0707 e. The van der Waals surface area contributed by atoms with E-state index in [0.29, 0.717) is 18.7 Å². The topological polar surface area (TPSA) is 47.7 Å². The Morgan fingerprint density at radius 3 is 2.62 bits per heavy atom. The molecule has 0 spiro atoms. The van der Waals surface area contributed by atoms with E-state index in [0.717, 1.165) is 32.5 Å². The van der Waals surface area contributed by atoms with Gasteiger partial charge in [0.2, 0.25) is 0 Å². The minimum Gasteiger partial charge on any atom is -0.383 e. The third-order valence-corrected chi connectivity index (χ3v) is 3.33. The summed E-state index contributed by atoms with van der Waals surface area (Å²) >= 11 is 0. The molecular formula is C12H26N2O2. The zero-order valence-corrected chi connectivity index (χ0v) is 10.8. The maximum Gasteiger partial charge on any atom is 0.0707 e. The maximum absolute atomic E-state index is 5.86. The fourth-order valence-corrected chi connectivity index (χ4v) is 2.32. The highest BCUT2D eigenvalue weighted by atomic mass is 16.5. The molecule has 0 radical (unpaired) electrons. The predicted molar refractivity (Wildman–Crippen MR) is 65.5 cm³/mol. The highest BCUT2D eigenvalue weighted by molar-refractivity contribution is 4.78. The van der Waals surface area contributed by atoms with Crippen molar-refractivity contribution in [1.29, 1.82) is 0 Å². The number of nitrogens with zero attached hydrogens (tertiary/aromatic N) is 1. The van der Waals surface area contributed by atoms with Crippen LogP contribution in [0, 0.1) is 0 Å². The Balaban J connectivity index is 2.33. The van der Waals surface area contributed by atoms with Crippen LogP contribution in [0.1, 0.15) is 26.7 Å². The van der Waals surface area contributed by atoms with Gasteiger partial charge in [0, 0.05) is 26.2 Å². The van der Waals surface area contributed by atoms with Crippen LogP contribution in [0.3, 0.4) is 0 Å². The first-order chi connectivity index (χ1) is 7.71. The van der Waals surface area contributed by atoms with Gasteiger partial charge in [-0.25, -0.2) is 0 Å². The van der Waals surface area contributed by atoms with Gasteiger partial charge in [-0.15, -0.1) is 0 Å². The van der Waals surface area contributed by atoms with Crippen LogP contribution < -0.4 is 5.73 Å². The van der Waals surface area contributed by atoms with Gasteiger partial charge in [-0.2, -0.15) is 0 Å². The summed E-state index contributed by atoms with van der Waals surface area (Å²) in [5, 5.41) is 0. The van der Waals surface area contributed by atoms with E-state index in [9.17, 15) is 0 Å². The molecule has 0 saturated carbocycles. The molecule has 0 amide bonds. The van der Waals surface area contributed by atoms with Gasteiger partial charge in [-0.3, -0.25) is 4.90 Å². The fourth-order valence-electron chi connectivity index (χ4n) is 2.32. The molecule has 1 saturated heterocycles. The second-order valence-electron chi connectivity index (χ2n) is 4.59. The summed E-state index contributed by atoms with van der Waals surface area (Å²) in [7, 11) is 1.75. The van der Waals surface area contributed by atoms with Gasteiger partial charge in [0.15, 0.2) is 0 Å². The Kier molecular flexibility index (Phi) is 6.28. The SMILES string of the molecule is CCN(CC1CCC(CN)O1)C(C)COC. The number of rotatable bonds is 7. The second kappa shape index (κ2) is 7.22. The largest absolute Gasteiger partial charge is 0.383 e. The molecule has 1 aliphatic rings. The zero-order chi connectivity index (χ0) is 12.0. The molecule has 1 fully saturated rings. The van der Waals surface area contributed by atoms with Crippen molar-refractivity contribution in [3.05, 3.63) is 0 Å². The van der Waals surface area contributed by atoms with Crippen molar-refractivity contribution in [2.45, 2.75) is 44.9 Å². The quantitative estimate of drug-likeness (QED) is 0.704. The number of methoxy groups -OCH3 is 1. The van der Waals surface area contributed by atoms with Gasteiger partial charge in [0.25, 0.3) is 0 Å². The van der Waals surface area contributed by atoms with Crippen LogP contribution in [-0.2, 0) is 9.47 Å². The van der Waals surface area contributed by atoms with Crippen molar-refractivity contribution in [2.75, 3.05) is 33.4 Å². The van der Waals surface area contributed by atoms with E-state index >= 15 is 0 Å². The van der Waals surface area contributed by atoms with Gasteiger partial charge in [0.1, 0.15) is 0 Å². The summed E-state index contributed by atoms with van der Waals surface area (Å²) < 4.78 is 11.1. The summed E-state index contributed by atoms with van der Waals surface area (Å²) in [5.41, 5.74) is 5.61. The van der Waals surface area contributed by atoms with Crippen molar-refractivity contribution < 1.29 is 9.47 Å². The third-order valence-electron chi connectivity index (χ3n) is 3.33. The number of ether oxygens (including phenoxy) is 2. The molecule has 0 aromatic rings. The van der Waals surface area contributed by atoms with Gasteiger partial charge in [-0.1, -0.05) is 6.92 Å². The van der Waals surface area contributed by atoms with Crippen LogP contribution in [0.15, 0.2) is 0 Å². The first-order valence-electron chi connectivity index (χ1n) is 6.29. The van der Waals surface area contributed by atoms with Gasteiger partial charge < -0.3 is 15.2 Å². The molecule has 96 valence electrons. The number of hydrogen-bond donors (Lipinski definition) is 1. The molecule has 0 bridgehead atoms. The van der Waals surface area contributed by atoms with Crippen molar-refractivity contribution in [3.63, 3.8) is 0 Å². The van der Waals surface area contributed by atoms with E-state index in [1.54, 1.807) is 7.11 Å². The molecule has 0 aromatic carbocycles. The maximum atomic E-state index is 5.86. The van der Waals surface area contributed by atoms with Crippen LogP contribution >= 0.6 is 0 Å². The average molecular weight is 230 g/mol. The van der Waals surface area contributed by atoms with Crippen LogP contribution in [-0.4, -0.2) is 56.5 Å². The normalized spacial score (nSPS) is 27.6. The predicted octanol–water partition coefficient (Wildman–Crippen LogP) is 0.850. The lowest BCUT2D eigenvalue weighted by Crippen LogP contribution is -2.41. The molecule has 4 nitrogen and oxygen atoms in total. The monoisotopic (exact) mass is 230 g/mol. The number of likely N-dealkylation sites (N-methyl/N-ethyl adjacent to an activating group) is 1. The van der Waals surface area contributed by atoms with E-state index < -0.39 is 0 Å². The van der Waals surface area contributed by atoms with E-state index in [1.165, 1.54) is 0 Å². The summed E-state index contributed by atoms with van der Waals surface area (Å²) in [5.74, 6) is 0. The summed E-state index contributed by atoms with van der Waals surface area (Å²) in [6, 6.07) is 0.454. The zero-order valence-electron chi connectivity index (χ0n) is 10.8. The Morgan fingerprint density at radius 2 is 2.12 bits per heavy atom. The molecule has 3 unspecified atom stereocenters. The van der Waals surface area contributed by atoms with Crippen molar-refractivity contribution >= 4 is 0 Å². The van der Waals surface area contributed by atoms with E-state index in [1.807, 2.05) is 0 Å². The molecule has 4 heteroatoms. The minimum absolute atomic E-state index is 0.279. The van der Waals surface area contributed by atoms with E-state index in [2.05, 4.69) is 18.7 Å². The Morgan fingerprint density at radius 1 is 1.44 bits per heavy atom. The standard InChI is InChI=1S/C12H26N2O2/c1-4-14(10(2)9-15-3)8-12-6-5-11(7-13)16-12/h10-12H,4-9,13H2,1-3H3. The molecule has 1 rings (SSSR count). The summed E-state index contributed by atoms with van der Waals surface area (Å²) in [4.78, 5) is 2.41. The van der Waals surface area contributed by atoms with Gasteiger partial charge in [0.05, 0.1) is 18.8 Å². The lowest BCUT2D eigenvalue weighted by atomic mass is 10.1. The average Bonchev–Trinajstić information content (AvgIpc) is 2.73. The molecule has 16 heavy (non-hydrogen) atoms. The number of nitrogens with two attached hydrogens (primary N) is 1. The van der Waals surface area contributed by atoms with Crippen LogP contribution in [0.5, 0.6) is 0 Å². The molecular weight excluding hydrogens is 204 g/mol. The van der Waals surface area contributed by atoms with Crippen LogP contribution in [0.4, 0.5) is 0 Å². The first-order valence-corrected chi connectivity index (χ1v) is 6.29. The Bertz CT molecular complexity index is 190. The number of hydrogen-bond acceptors (Lipinski definition) is 4. The molecule has 1 heterocycles. The first kappa shape index (κ1) is 13.9. The molecule has 0 aromatic heterocycles. The Labute approximate surface area is 99.1 Å². The summed E-state index contributed by atoms with van der Waals surface area (Å²) in [6.07, 6.45) is 2.88. The summed E-state index contributed by atoms with van der Waals surface area (Å²) in [6.45, 7) is 7.84. The van der Waals surface area contributed by atoms with Crippen LogP contribution in [0.25, 0.3) is 0 Å². The lowest BCUT2D eigenvalue weighted by Gasteiger charge is -2.29. The Hall–Kier alpha value is -0.160. The van der Waals surface area contributed by atoms with E-state index in [-0.39, 0.29) is 6.10 Å².